The van der Waals surface area contributed by atoms with Crippen LogP contribution in [0.2, 0.25) is 0 Å². The van der Waals surface area contributed by atoms with Crippen molar-refractivity contribution in [2.24, 2.45) is 5.92 Å². The predicted octanol–water partition coefficient (Wildman–Crippen LogP) is 7.52. The van der Waals surface area contributed by atoms with Crippen LogP contribution in [-0.2, 0) is 9.59 Å². The number of hydrogen-bond acceptors (Lipinski definition) is 4. The zero-order chi connectivity index (χ0) is 28.7. The number of H-pyrrole nitrogens is 1. The van der Waals surface area contributed by atoms with Crippen molar-refractivity contribution in [2.45, 2.75) is 92.2 Å². The number of imidazole rings is 1. The molecule has 1 aromatic carbocycles. The van der Waals surface area contributed by atoms with Gasteiger partial charge in [0.05, 0.1) is 11.6 Å². The number of allylic oxidation sites excluding steroid dienone is 1. The van der Waals surface area contributed by atoms with E-state index in [0.29, 0.717) is 30.1 Å². The van der Waals surface area contributed by atoms with E-state index < -0.39 is 17.9 Å². The topological polar surface area (TPSA) is 90.1 Å². The summed E-state index contributed by atoms with van der Waals surface area (Å²) in [6, 6.07) is 3.48. The van der Waals surface area contributed by atoms with E-state index in [2.05, 4.69) is 52.5 Å². The monoisotopic (exact) mass is 661 g/mol. The molecule has 3 N–H and O–H groups in total. The lowest BCUT2D eigenvalue weighted by Gasteiger charge is -2.32. The molecule has 2 atom stereocenters. The lowest BCUT2D eigenvalue weighted by molar-refractivity contribution is -0.129. The van der Waals surface area contributed by atoms with Crippen molar-refractivity contribution in [3.05, 3.63) is 54.8 Å². The Morgan fingerprint density at radius 3 is 2.36 bits per heavy atom. The van der Waals surface area contributed by atoms with Gasteiger partial charge in [-0.15, -0.1) is 30.6 Å². The normalized spacial score (nSPS) is 14.0. The summed E-state index contributed by atoms with van der Waals surface area (Å²) < 4.78 is 14.0. The van der Waals surface area contributed by atoms with Gasteiger partial charge in [-0.25, -0.2) is 9.37 Å². The molecule has 0 saturated carbocycles. The maximum atomic E-state index is 14.0. The molecule has 39 heavy (non-hydrogen) atoms. The number of nitrogens with one attached hydrogen (secondary N) is 3. The predicted molar refractivity (Wildman–Crippen MR) is 175 cm³/mol. The van der Waals surface area contributed by atoms with Gasteiger partial charge in [0.2, 0.25) is 11.8 Å². The number of benzene rings is 1. The van der Waals surface area contributed by atoms with E-state index >= 15 is 0 Å². The molecular weight excluding hydrogens is 608 g/mol. The molecule has 2 amide bonds. The van der Waals surface area contributed by atoms with Crippen LogP contribution >= 0.6 is 24.0 Å². The molecule has 0 aliphatic carbocycles. The minimum absolute atomic E-state index is 0. The number of carbonyl (C=O) groups excluding carboxylic acids is 2. The van der Waals surface area contributed by atoms with E-state index in [1.165, 1.54) is 12.5 Å². The summed E-state index contributed by atoms with van der Waals surface area (Å²) in [5.74, 6) is -0.00192. The number of aromatic nitrogens is 2. The minimum Gasteiger partial charge on any atom is -0.375 e. The molecule has 1 saturated heterocycles. The second kappa shape index (κ2) is 19.6. The molecule has 1 aromatic heterocycles. The molecule has 224 valence electrons. The third kappa shape index (κ3) is 12.5. The highest BCUT2D eigenvalue weighted by Gasteiger charge is 2.26. The Morgan fingerprint density at radius 2 is 1.79 bits per heavy atom. The van der Waals surface area contributed by atoms with Crippen molar-refractivity contribution >= 4 is 46.8 Å². The van der Waals surface area contributed by atoms with Gasteiger partial charge in [-0.2, -0.15) is 0 Å². The van der Waals surface area contributed by atoms with E-state index in [-0.39, 0.29) is 44.2 Å². The van der Waals surface area contributed by atoms with Crippen LogP contribution in [0.1, 0.15) is 94.8 Å². The van der Waals surface area contributed by atoms with E-state index in [0.717, 1.165) is 38.0 Å². The molecule has 0 spiro atoms. The van der Waals surface area contributed by atoms with Crippen LogP contribution < -0.4 is 10.6 Å². The van der Waals surface area contributed by atoms with Gasteiger partial charge < -0.3 is 20.5 Å². The van der Waals surface area contributed by atoms with Crippen LogP contribution in [0.25, 0.3) is 11.0 Å². The molecule has 3 rings (SSSR count). The van der Waals surface area contributed by atoms with Crippen molar-refractivity contribution in [1.29, 1.82) is 0 Å². The standard InChI is InChI=1S/C25H36FN5O2.C3H6.C2H6.HI.2H2/c1-16(2)11-12-22(32)28-21(15-17(3)31-13-6-5-7-14-31)25(33)27-18(4)24-29-20-10-8-9-19(26)23(20)30-24;1-3-2;1-2;;;/h8-10,16,18,21H,3,5-7,11-15H2,1-2,4H3,(H,27,33)(H,28,32)(H,29,30);3H,1H2,2H3;1-2H3;3*1H/t18-,21-;;;;;/m0...../s1. The summed E-state index contributed by atoms with van der Waals surface area (Å²) in [5.41, 5.74) is 1.67. The molecule has 2 aromatic rings. The van der Waals surface area contributed by atoms with Crippen molar-refractivity contribution < 1.29 is 16.8 Å². The minimum atomic E-state index is -0.734. The SMILES string of the molecule is C=C(C[C@H](NC(=O)CCC(C)C)C(=O)N[C@@H](C)c1nc2c(F)cccc2[nH]1)N1CCCCC1.C=CC.CC.I.[HH].[HH]. The van der Waals surface area contributed by atoms with Crippen LogP contribution in [0.4, 0.5) is 4.39 Å². The van der Waals surface area contributed by atoms with Crippen LogP contribution in [0.3, 0.4) is 0 Å². The second-order valence-electron chi connectivity index (χ2n) is 9.77. The average molecular weight is 662 g/mol. The van der Waals surface area contributed by atoms with Crippen molar-refractivity contribution in [2.75, 3.05) is 13.1 Å². The number of likely N-dealkylation sites (tertiary alicyclic amines) is 1. The quantitative estimate of drug-likeness (QED) is 0.182. The number of carbonyl (C=O) groups is 2. The maximum Gasteiger partial charge on any atom is 0.243 e. The number of amides is 2. The molecule has 9 heteroatoms. The fraction of sp³-hybridized carbons (Fsp3) is 0.567. The van der Waals surface area contributed by atoms with E-state index in [4.69, 9.17) is 0 Å². The Bertz CT molecular complexity index is 1050. The van der Waals surface area contributed by atoms with E-state index in [1.54, 1.807) is 25.1 Å². The first-order valence-electron chi connectivity index (χ1n) is 13.9. The number of rotatable bonds is 10. The number of halogens is 2. The summed E-state index contributed by atoms with van der Waals surface area (Å²) in [6.45, 7) is 21.2. The van der Waals surface area contributed by atoms with Gasteiger partial charge in [-0.3, -0.25) is 9.59 Å². The Morgan fingerprint density at radius 1 is 1.18 bits per heavy atom. The molecule has 1 fully saturated rings. The zero-order valence-corrected chi connectivity index (χ0v) is 26.9. The summed E-state index contributed by atoms with van der Waals surface area (Å²) in [7, 11) is 0. The lowest BCUT2D eigenvalue weighted by atomic mass is 10.0. The number of fused-ring (bicyclic) bond motifs is 1. The Hall–Kier alpha value is -2.43. The summed E-state index contributed by atoms with van der Waals surface area (Å²) in [5, 5.41) is 5.83. The van der Waals surface area contributed by atoms with Crippen molar-refractivity contribution in [3.63, 3.8) is 0 Å². The molecule has 1 aliphatic rings. The smallest absolute Gasteiger partial charge is 0.243 e. The van der Waals surface area contributed by atoms with E-state index in [9.17, 15) is 14.0 Å². The first-order valence-corrected chi connectivity index (χ1v) is 13.9. The lowest BCUT2D eigenvalue weighted by Crippen LogP contribution is -2.48. The molecule has 0 bridgehead atoms. The highest BCUT2D eigenvalue weighted by molar-refractivity contribution is 14.0. The van der Waals surface area contributed by atoms with Gasteiger partial charge in [0, 0.05) is 34.5 Å². The Labute approximate surface area is 254 Å². The second-order valence-corrected chi connectivity index (χ2v) is 9.77. The van der Waals surface area contributed by atoms with Gasteiger partial charge in [-0.05, 0) is 57.6 Å². The average Bonchev–Trinajstić information content (AvgIpc) is 3.35. The fourth-order valence-corrected chi connectivity index (χ4v) is 4.07. The Kier molecular flexibility index (Phi) is 18.4. The highest BCUT2D eigenvalue weighted by Crippen LogP contribution is 2.20. The van der Waals surface area contributed by atoms with Crippen LogP contribution in [-0.4, -0.2) is 45.8 Å². The molecule has 2 heterocycles. The van der Waals surface area contributed by atoms with Crippen LogP contribution in [0.15, 0.2) is 43.1 Å². The fourth-order valence-electron chi connectivity index (χ4n) is 4.07. The molecule has 0 radical (unpaired) electrons. The largest absolute Gasteiger partial charge is 0.375 e. The summed E-state index contributed by atoms with van der Waals surface area (Å²) >= 11 is 0. The number of para-hydroxylation sites is 1. The number of piperidine rings is 1. The van der Waals surface area contributed by atoms with Gasteiger partial charge >= 0.3 is 0 Å². The van der Waals surface area contributed by atoms with Gasteiger partial charge in [0.1, 0.15) is 17.4 Å². The highest BCUT2D eigenvalue weighted by atomic mass is 127. The number of nitrogens with zero attached hydrogens (tertiary/aromatic N) is 2. The van der Waals surface area contributed by atoms with Crippen molar-refractivity contribution in [3.8, 4) is 0 Å². The van der Waals surface area contributed by atoms with Crippen molar-refractivity contribution in [1.82, 2.24) is 25.5 Å². The third-order valence-electron chi connectivity index (χ3n) is 6.09. The molecule has 1 aliphatic heterocycles. The number of hydrogen-bond donors (Lipinski definition) is 3. The van der Waals surface area contributed by atoms with E-state index in [1.807, 2.05) is 20.8 Å². The first-order chi connectivity index (χ1) is 18.2. The van der Waals surface area contributed by atoms with Gasteiger partial charge in [-0.1, -0.05) is 46.4 Å². The first kappa shape index (κ1) is 36.6. The molecular formula is C30H53FIN5O2. The molecule has 7 nitrogen and oxygen atoms in total. The maximum absolute atomic E-state index is 14.0. The number of aromatic amines is 1. The molecule has 0 unspecified atom stereocenters. The third-order valence-corrected chi connectivity index (χ3v) is 6.09. The zero-order valence-electron chi connectivity index (χ0n) is 24.6. The summed E-state index contributed by atoms with van der Waals surface area (Å²) in [4.78, 5) is 35.3. The van der Waals surface area contributed by atoms with Gasteiger partial charge in [0.25, 0.3) is 0 Å². The van der Waals surface area contributed by atoms with Crippen LogP contribution in [0.5, 0.6) is 0 Å². The van der Waals surface area contributed by atoms with Crippen LogP contribution in [0, 0.1) is 11.7 Å². The summed E-state index contributed by atoms with van der Waals surface area (Å²) in [6.07, 6.45) is 6.65. The van der Waals surface area contributed by atoms with Gasteiger partial charge in [0.15, 0.2) is 5.82 Å². The Balaban J connectivity index is -0.00000169.